The largest absolute Gasteiger partial charge is 0.469 e. The quantitative estimate of drug-likeness (QED) is 0.241. The first-order valence-electron chi connectivity index (χ1n) is 11.9. The Labute approximate surface area is 224 Å². The second-order valence-electron chi connectivity index (χ2n) is 9.06. The van der Waals surface area contributed by atoms with E-state index in [0.29, 0.717) is 11.1 Å². The average molecular weight is 564 g/mol. The fourth-order valence-electron chi connectivity index (χ4n) is 4.43. The van der Waals surface area contributed by atoms with Gasteiger partial charge in [-0.25, -0.2) is 9.38 Å². The Kier molecular flexibility index (Phi) is 7.93. The molecule has 6 N–H and O–H groups in total. The van der Waals surface area contributed by atoms with Crippen molar-refractivity contribution in [2.45, 2.75) is 30.7 Å². The number of primary amides is 2. The predicted molar refractivity (Wildman–Crippen MR) is 136 cm³/mol. The number of amides is 2. The van der Waals surface area contributed by atoms with Crippen LogP contribution in [0.4, 0.5) is 23.2 Å². The number of carbonyl (C=O) groups excluding carboxylic acids is 3. The Balaban J connectivity index is 1.84. The number of carbonyl (C=O) groups is 3. The molecule has 1 aliphatic rings. The highest BCUT2D eigenvalue weighted by Crippen LogP contribution is 2.37. The smallest absolute Gasteiger partial charge is 0.416 e. The number of benzene rings is 2. The van der Waals surface area contributed by atoms with Crippen LogP contribution in [0, 0.1) is 0 Å². The van der Waals surface area contributed by atoms with Crippen LogP contribution in [0.5, 0.6) is 0 Å². The molecule has 0 bridgehead atoms. The molecule has 0 fully saturated rings. The Morgan fingerprint density at radius 2 is 1.90 bits per heavy atom. The molecule has 2 unspecified atom stereocenters. The second kappa shape index (κ2) is 11.2. The van der Waals surface area contributed by atoms with Crippen LogP contribution in [0.2, 0.25) is 0 Å². The SMILES string of the molecule is COC(=O)C[C@@H](c1ccc(C(F)(F)F)cc1)C(C(N)=O)n1ncc2c(NC3=NCC(F)CN3)cc(C(N)=O)cc21. The summed E-state index contributed by atoms with van der Waals surface area (Å²) in [5, 5.41) is 10.4. The summed E-state index contributed by atoms with van der Waals surface area (Å²) >= 11 is 0. The van der Waals surface area contributed by atoms with Gasteiger partial charge >= 0.3 is 12.1 Å². The van der Waals surface area contributed by atoms with Crippen molar-refractivity contribution in [3.05, 3.63) is 59.3 Å². The first-order valence-corrected chi connectivity index (χ1v) is 11.9. The number of aromatic nitrogens is 2. The zero-order chi connectivity index (χ0) is 29.2. The summed E-state index contributed by atoms with van der Waals surface area (Å²) in [5.41, 5.74) is 11.1. The summed E-state index contributed by atoms with van der Waals surface area (Å²) in [6.45, 7) is -0.0742. The number of aliphatic imine (C=N–C) groups is 1. The van der Waals surface area contributed by atoms with E-state index in [-0.39, 0.29) is 35.7 Å². The summed E-state index contributed by atoms with van der Waals surface area (Å²) in [6, 6.07) is 5.32. The van der Waals surface area contributed by atoms with Crippen LogP contribution in [0.3, 0.4) is 0 Å². The van der Waals surface area contributed by atoms with Gasteiger partial charge in [0.15, 0.2) is 5.96 Å². The molecule has 3 aromatic rings. The Hall–Kier alpha value is -4.69. The number of anilines is 1. The first kappa shape index (κ1) is 28.3. The number of hydrogen-bond donors (Lipinski definition) is 4. The maximum atomic E-state index is 13.5. The Bertz CT molecular complexity index is 1470. The second-order valence-corrected chi connectivity index (χ2v) is 9.06. The van der Waals surface area contributed by atoms with Gasteiger partial charge in [-0.1, -0.05) is 12.1 Å². The van der Waals surface area contributed by atoms with E-state index in [0.717, 1.165) is 31.4 Å². The van der Waals surface area contributed by atoms with E-state index in [2.05, 4.69) is 20.7 Å². The van der Waals surface area contributed by atoms with Gasteiger partial charge in [-0.3, -0.25) is 19.1 Å². The molecule has 0 spiro atoms. The van der Waals surface area contributed by atoms with Crippen LogP contribution in [-0.2, 0) is 20.5 Å². The number of guanidine groups is 1. The lowest BCUT2D eigenvalue weighted by atomic mass is 9.87. The van der Waals surface area contributed by atoms with Crippen LogP contribution >= 0.6 is 0 Å². The van der Waals surface area contributed by atoms with Gasteiger partial charge < -0.3 is 26.8 Å². The molecule has 1 aromatic heterocycles. The lowest BCUT2D eigenvalue weighted by Crippen LogP contribution is -2.41. The van der Waals surface area contributed by atoms with Gasteiger partial charge in [-0.15, -0.1) is 0 Å². The van der Waals surface area contributed by atoms with E-state index in [1.165, 1.54) is 23.0 Å². The molecule has 0 radical (unpaired) electrons. The topological polar surface area (TPSA) is 167 Å². The molecule has 0 saturated heterocycles. The third kappa shape index (κ3) is 5.97. The van der Waals surface area contributed by atoms with E-state index >= 15 is 0 Å². The number of nitrogens with two attached hydrogens (primary N) is 2. The van der Waals surface area contributed by atoms with Crippen molar-refractivity contribution < 1.29 is 36.7 Å². The van der Waals surface area contributed by atoms with E-state index in [1.54, 1.807) is 0 Å². The van der Waals surface area contributed by atoms with Crippen molar-refractivity contribution in [3.8, 4) is 0 Å². The summed E-state index contributed by atoms with van der Waals surface area (Å²) in [5.74, 6) is -3.39. The number of halogens is 4. The first-order chi connectivity index (χ1) is 18.9. The van der Waals surface area contributed by atoms with Crippen molar-refractivity contribution in [1.82, 2.24) is 15.1 Å². The zero-order valence-electron chi connectivity index (χ0n) is 21.0. The number of nitrogens with one attached hydrogen (secondary N) is 2. The molecular formula is C25H25F4N7O4. The van der Waals surface area contributed by atoms with Gasteiger partial charge in [0.1, 0.15) is 12.2 Å². The number of rotatable bonds is 8. The minimum Gasteiger partial charge on any atom is -0.469 e. The molecule has 2 aromatic carbocycles. The molecule has 0 aliphatic carbocycles. The van der Waals surface area contributed by atoms with Gasteiger partial charge in [0, 0.05) is 16.9 Å². The van der Waals surface area contributed by atoms with Gasteiger partial charge in [0.05, 0.1) is 49.6 Å². The lowest BCUT2D eigenvalue weighted by Gasteiger charge is -2.26. The van der Waals surface area contributed by atoms with Crippen molar-refractivity contribution >= 4 is 40.3 Å². The number of fused-ring (bicyclic) bond motifs is 1. The lowest BCUT2D eigenvalue weighted by molar-refractivity contribution is -0.141. The fourth-order valence-corrected chi connectivity index (χ4v) is 4.43. The molecule has 15 heteroatoms. The number of methoxy groups -OCH3 is 1. The van der Waals surface area contributed by atoms with E-state index in [4.69, 9.17) is 16.2 Å². The highest BCUT2D eigenvalue weighted by molar-refractivity contribution is 6.07. The molecule has 40 heavy (non-hydrogen) atoms. The molecule has 0 saturated carbocycles. The van der Waals surface area contributed by atoms with Gasteiger partial charge in [-0.05, 0) is 29.8 Å². The van der Waals surface area contributed by atoms with Crippen molar-refractivity contribution in [3.63, 3.8) is 0 Å². The van der Waals surface area contributed by atoms with Crippen LogP contribution in [0.25, 0.3) is 10.9 Å². The molecule has 11 nitrogen and oxygen atoms in total. The van der Waals surface area contributed by atoms with Crippen LogP contribution in [0.15, 0.2) is 47.6 Å². The maximum absolute atomic E-state index is 13.5. The molecule has 4 rings (SSSR count). The molecule has 2 heterocycles. The molecule has 212 valence electrons. The number of esters is 1. The standard InChI is InChI=1S/C25H25F4N7O4/c1-40-20(37)8-16(12-2-4-14(5-3-12)25(27,28)29)21(23(31)39)36-19-7-13(22(30)38)6-18(17(19)11-34-36)35-24-32-9-15(26)10-33-24/h2-7,11,15-16,21H,8-10H2,1H3,(H2,30,38)(H2,31,39)(H2,32,33,35)/t16-,21?/m0/s1. The fraction of sp³-hybridized carbons (Fsp3) is 0.320. The third-order valence-electron chi connectivity index (χ3n) is 6.41. The third-order valence-corrected chi connectivity index (χ3v) is 6.41. The van der Waals surface area contributed by atoms with Crippen LogP contribution in [-0.4, -0.2) is 59.9 Å². The normalized spacial score (nSPS) is 16.9. The van der Waals surface area contributed by atoms with Gasteiger partial charge in [-0.2, -0.15) is 18.3 Å². The number of nitrogens with zero attached hydrogens (tertiary/aromatic N) is 3. The predicted octanol–water partition coefficient (Wildman–Crippen LogP) is 2.24. The monoisotopic (exact) mass is 563 g/mol. The van der Waals surface area contributed by atoms with Crippen LogP contribution < -0.4 is 22.1 Å². The molecule has 3 atom stereocenters. The summed E-state index contributed by atoms with van der Waals surface area (Å²) < 4.78 is 58.9. The highest BCUT2D eigenvalue weighted by Gasteiger charge is 2.36. The molecular weight excluding hydrogens is 538 g/mol. The summed E-state index contributed by atoms with van der Waals surface area (Å²) in [7, 11) is 1.12. The van der Waals surface area contributed by atoms with Crippen molar-refractivity contribution in [1.29, 1.82) is 0 Å². The average Bonchev–Trinajstić information content (AvgIpc) is 3.32. The minimum absolute atomic E-state index is 0.00976. The molecule has 1 aliphatic heterocycles. The molecule has 2 amide bonds. The summed E-state index contributed by atoms with van der Waals surface area (Å²) in [6.07, 6.45) is -4.84. The van der Waals surface area contributed by atoms with E-state index in [1.807, 2.05) is 0 Å². The van der Waals surface area contributed by atoms with Gasteiger partial charge in [0.2, 0.25) is 11.8 Å². The Morgan fingerprint density at radius 3 is 2.45 bits per heavy atom. The van der Waals surface area contributed by atoms with Crippen molar-refractivity contribution in [2.75, 3.05) is 25.5 Å². The minimum atomic E-state index is -4.60. The van der Waals surface area contributed by atoms with Crippen LogP contribution in [0.1, 0.15) is 39.9 Å². The number of alkyl halides is 4. The Morgan fingerprint density at radius 1 is 1.20 bits per heavy atom. The van der Waals surface area contributed by atoms with E-state index < -0.39 is 54.1 Å². The zero-order valence-corrected chi connectivity index (χ0v) is 21.0. The number of ether oxygens (including phenoxy) is 1. The maximum Gasteiger partial charge on any atom is 0.416 e. The number of hydrogen-bond acceptors (Lipinski definition) is 8. The highest BCUT2D eigenvalue weighted by atomic mass is 19.4. The summed E-state index contributed by atoms with van der Waals surface area (Å²) in [4.78, 5) is 41.4. The van der Waals surface area contributed by atoms with Gasteiger partial charge in [0.25, 0.3) is 0 Å². The van der Waals surface area contributed by atoms with E-state index in [9.17, 15) is 31.9 Å². The van der Waals surface area contributed by atoms with Crippen molar-refractivity contribution in [2.24, 2.45) is 16.5 Å².